The first-order valence-corrected chi connectivity index (χ1v) is 6.37. The molecule has 20 heavy (non-hydrogen) atoms. The molecule has 0 N–H and O–H groups in total. The van der Waals surface area contributed by atoms with E-state index in [1.165, 1.54) is 5.56 Å². The lowest BCUT2D eigenvalue weighted by Crippen LogP contribution is -2.06. The summed E-state index contributed by atoms with van der Waals surface area (Å²) >= 11 is 0. The van der Waals surface area contributed by atoms with Crippen LogP contribution in [0.25, 0.3) is 23.1 Å². The van der Waals surface area contributed by atoms with Crippen LogP contribution in [0.1, 0.15) is 17.0 Å². The smallest absolute Gasteiger partial charge is 0.284 e. The Morgan fingerprint density at radius 3 is 2.55 bits per heavy atom. The van der Waals surface area contributed by atoms with Crippen molar-refractivity contribution >= 4 is 23.1 Å². The molecule has 0 bridgehead atoms. The second-order valence-electron chi connectivity index (χ2n) is 4.60. The first-order valence-electron chi connectivity index (χ1n) is 6.37. The van der Waals surface area contributed by atoms with Crippen LogP contribution in [0.4, 0.5) is 0 Å². The molecular formula is C17H13NO2. The Hall–Kier alpha value is -2.68. The van der Waals surface area contributed by atoms with Gasteiger partial charge in [0.1, 0.15) is 5.58 Å². The summed E-state index contributed by atoms with van der Waals surface area (Å²) in [7, 11) is 0. The Morgan fingerprint density at radius 1 is 1.00 bits per heavy atom. The van der Waals surface area contributed by atoms with Crippen LogP contribution in [0.5, 0.6) is 0 Å². The third-order valence-electron chi connectivity index (χ3n) is 3.04. The van der Waals surface area contributed by atoms with Crippen molar-refractivity contribution in [1.82, 2.24) is 4.98 Å². The van der Waals surface area contributed by atoms with E-state index in [-0.39, 0.29) is 5.56 Å². The molecule has 3 aromatic rings. The van der Waals surface area contributed by atoms with Gasteiger partial charge in [-0.05, 0) is 30.7 Å². The minimum atomic E-state index is -0.268. The number of nitrogens with zero attached hydrogens (tertiary/aromatic N) is 1. The predicted octanol–water partition coefficient (Wildman–Crippen LogP) is 3.67. The Balaban J connectivity index is 1.98. The van der Waals surface area contributed by atoms with Crippen molar-refractivity contribution in [2.24, 2.45) is 0 Å². The number of aromatic nitrogens is 1. The monoisotopic (exact) mass is 263 g/mol. The van der Waals surface area contributed by atoms with Crippen molar-refractivity contribution < 1.29 is 4.42 Å². The molecule has 3 heteroatoms. The number of rotatable bonds is 2. The van der Waals surface area contributed by atoms with E-state index >= 15 is 0 Å². The zero-order chi connectivity index (χ0) is 13.9. The first kappa shape index (κ1) is 12.4. The zero-order valence-corrected chi connectivity index (χ0v) is 11.0. The van der Waals surface area contributed by atoms with Crippen LogP contribution in [0.15, 0.2) is 57.7 Å². The molecule has 1 heterocycles. The third kappa shape index (κ3) is 2.52. The summed E-state index contributed by atoms with van der Waals surface area (Å²) < 4.78 is 5.59. The van der Waals surface area contributed by atoms with Crippen LogP contribution in [-0.4, -0.2) is 4.98 Å². The maximum atomic E-state index is 11.9. The van der Waals surface area contributed by atoms with Gasteiger partial charge in [-0.1, -0.05) is 42.0 Å². The molecule has 3 nitrogen and oxygen atoms in total. The maximum absolute atomic E-state index is 11.9. The largest absolute Gasteiger partial charge is 0.438 e. The summed E-state index contributed by atoms with van der Waals surface area (Å²) in [4.78, 5) is 15.8. The van der Waals surface area contributed by atoms with E-state index in [2.05, 4.69) is 4.98 Å². The molecule has 0 aliphatic rings. The molecule has 0 radical (unpaired) electrons. The lowest BCUT2D eigenvalue weighted by atomic mass is 10.1. The summed E-state index contributed by atoms with van der Waals surface area (Å²) in [5.74, 6) is 0.314. The molecule has 0 fully saturated rings. The molecule has 2 aromatic carbocycles. The fourth-order valence-corrected chi connectivity index (χ4v) is 1.94. The van der Waals surface area contributed by atoms with Crippen LogP contribution < -0.4 is 5.56 Å². The average molecular weight is 263 g/mol. The van der Waals surface area contributed by atoms with Crippen LogP contribution in [0.3, 0.4) is 0 Å². The molecule has 0 saturated heterocycles. The molecule has 1 aromatic heterocycles. The number of hydrogen-bond donors (Lipinski definition) is 0. The minimum Gasteiger partial charge on any atom is -0.438 e. The lowest BCUT2D eigenvalue weighted by molar-refractivity contribution is 0.563. The molecule has 0 aliphatic heterocycles. The predicted molar refractivity (Wildman–Crippen MR) is 80.4 cm³/mol. The Bertz CT molecular complexity index is 829. The molecule has 0 spiro atoms. The fourth-order valence-electron chi connectivity index (χ4n) is 1.94. The summed E-state index contributed by atoms with van der Waals surface area (Å²) in [6.45, 7) is 2.04. The normalized spacial score (nSPS) is 11.2. The Labute approximate surface area is 116 Å². The third-order valence-corrected chi connectivity index (χ3v) is 3.04. The molecule has 0 saturated carbocycles. The Morgan fingerprint density at radius 2 is 1.75 bits per heavy atom. The Kier molecular flexibility index (Phi) is 3.17. The van der Waals surface area contributed by atoms with Gasteiger partial charge in [-0.3, -0.25) is 4.79 Å². The van der Waals surface area contributed by atoms with Crippen LogP contribution in [-0.2, 0) is 0 Å². The number of benzene rings is 2. The highest BCUT2D eigenvalue weighted by molar-refractivity contribution is 5.76. The van der Waals surface area contributed by atoms with Crippen molar-refractivity contribution in [3.63, 3.8) is 0 Å². The van der Waals surface area contributed by atoms with E-state index in [0.29, 0.717) is 16.9 Å². The SMILES string of the molecule is Cc1ccc(C=Cc2nc(=O)c3ccccc3o2)cc1. The lowest BCUT2D eigenvalue weighted by Gasteiger charge is -1.98. The molecule has 0 aliphatic carbocycles. The average Bonchev–Trinajstić information content (AvgIpc) is 2.47. The van der Waals surface area contributed by atoms with Gasteiger partial charge in [-0.15, -0.1) is 0 Å². The van der Waals surface area contributed by atoms with Gasteiger partial charge in [0, 0.05) is 6.08 Å². The fraction of sp³-hybridized carbons (Fsp3) is 0.0588. The summed E-state index contributed by atoms with van der Waals surface area (Å²) in [6, 6.07) is 15.2. The quantitative estimate of drug-likeness (QED) is 0.708. The van der Waals surface area contributed by atoms with Gasteiger partial charge in [-0.2, -0.15) is 4.98 Å². The second kappa shape index (κ2) is 5.13. The van der Waals surface area contributed by atoms with E-state index in [1.807, 2.05) is 43.3 Å². The molecule has 98 valence electrons. The highest BCUT2D eigenvalue weighted by atomic mass is 16.3. The van der Waals surface area contributed by atoms with Gasteiger partial charge < -0.3 is 4.42 Å². The van der Waals surface area contributed by atoms with Gasteiger partial charge in [0.05, 0.1) is 5.39 Å². The molecule has 0 atom stereocenters. The molecule has 3 rings (SSSR count). The van der Waals surface area contributed by atoms with Crippen molar-refractivity contribution in [3.05, 3.63) is 75.9 Å². The van der Waals surface area contributed by atoms with Gasteiger partial charge in [0.25, 0.3) is 5.56 Å². The standard InChI is InChI=1S/C17H13NO2/c1-12-6-8-13(9-7-12)10-11-16-18-17(19)14-4-2-3-5-15(14)20-16/h2-11H,1H3. The van der Waals surface area contributed by atoms with Gasteiger partial charge >= 0.3 is 0 Å². The van der Waals surface area contributed by atoms with Gasteiger partial charge in [0.2, 0.25) is 5.89 Å². The van der Waals surface area contributed by atoms with E-state index in [1.54, 1.807) is 24.3 Å². The topological polar surface area (TPSA) is 43.1 Å². The zero-order valence-electron chi connectivity index (χ0n) is 11.0. The van der Waals surface area contributed by atoms with Gasteiger partial charge in [-0.25, -0.2) is 0 Å². The summed E-state index contributed by atoms with van der Waals surface area (Å²) in [5, 5.41) is 0.500. The van der Waals surface area contributed by atoms with E-state index < -0.39 is 0 Å². The number of fused-ring (bicyclic) bond motifs is 1. The summed E-state index contributed by atoms with van der Waals surface area (Å²) in [6.07, 6.45) is 3.58. The maximum Gasteiger partial charge on any atom is 0.284 e. The number of aryl methyl sites for hydroxylation is 1. The van der Waals surface area contributed by atoms with Crippen LogP contribution >= 0.6 is 0 Å². The van der Waals surface area contributed by atoms with Crippen molar-refractivity contribution in [3.8, 4) is 0 Å². The van der Waals surface area contributed by atoms with Gasteiger partial charge in [0.15, 0.2) is 0 Å². The highest BCUT2D eigenvalue weighted by Crippen LogP contribution is 2.12. The number of para-hydroxylation sites is 1. The van der Waals surface area contributed by atoms with Crippen molar-refractivity contribution in [2.45, 2.75) is 6.92 Å². The van der Waals surface area contributed by atoms with Crippen molar-refractivity contribution in [1.29, 1.82) is 0 Å². The molecule has 0 unspecified atom stereocenters. The second-order valence-corrected chi connectivity index (χ2v) is 4.60. The highest BCUT2D eigenvalue weighted by Gasteiger charge is 2.02. The van der Waals surface area contributed by atoms with E-state index in [0.717, 1.165) is 5.56 Å². The van der Waals surface area contributed by atoms with Crippen LogP contribution in [0, 0.1) is 6.92 Å². The number of hydrogen-bond acceptors (Lipinski definition) is 3. The van der Waals surface area contributed by atoms with Crippen molar-refractivity contribution in [2.75, 3.05) is 0 Å². The summed E-state index contributed by atoms with van der Waals surface area (Å²) in [5.41, 5.74) is 2.53. The minimum absolute atomic E-state index is 0.268. The van der Waals surface area contributed by atoms with E-state index in [4.69, 9.17) is 4.42 Å². The molecule has 0 amide bonds. The van der Waals surface area contributed by atoms with Crippen LogP contribution in [0.2, 0.25) is 0 Å². The van der Waals surface area contributed by atoms with E-state index in [9.17, 15) is 4.79 Å². The first-order chi connectivity index (χ1) is 9.72. The molecular weight excluding hydrogens is 250 g/mol.